The molecule has 1 N–H and O–H groups in total. The van der Waals surface area contributed by atoms with Gasteiger partial charge in [0.2, 0.25) is 5.89 Å². The van der Waals surface area contributed by atoms with Crippen molar-refractivity contribution in [2.24, 2.45) is 0 Å². The van der Waals surface area contributed by atoms with E-state index in [0.29, 0.717) is 31.0 Å². The lowest BCUT2D eigenvalue weighted by molar-refractivity contribution is -0.137. The van der Waals surface area contributed by atoms with Crippen molar-refractivity contribution in [1.82, 2.24) is 15.1 Å². The fourth-order valence-electron chi connectivity index (χ4n) is 1.54. The standard InChI is InChI=1S/C12H13N3O3/c16-12(17)3-1-2-11-14-10(15-18-11)8-9-4-6-13-7-5-9/h4-7H,1-3,8H2,(H,16,17). The van der Waals surface area contributed by atoms with Gasteiger partial charge < -0.3 is 9.63 Å². The third-order valence-corrected chi connectivity index (χ3v) is 2.40. The molecule has 0 aliphatic carbocycles. The van der Waals surface area contributed by atoms with Crippen molar-refractivity contribution in [3.05, 3.63) is 41.8 Å². The van der Waals surface area contributed by atoms with E-state index in [1.807, 2.05) is 12.1 Å². The van der Waals surface area contributed by atoms with Crippen LogP contribution in [-0.4, -0.2) is 26.2 Å². The van der Waals surface area contributed by atoms with Crippen LogP contribution in [0.5, 0.6) is 0 Å². The summed E-state index contributed by atoms with van der Waals surface area (Å²) in [6, 6.07) is 3.78. The van der Waals surface area contributed by atoms with E-state index in [1.54, 1.807) is 12.4 Å². The van der Waals surface area contributed by atoms with Gasteiger partial charge in [-0.25, -0.2) is 0 Å². The van der Waals surface area contributed by atoms with Gasteiger partial charge in [-0.1, -0.05) is 5.16 Å². The number of hydrogen-bond acceptors (Lipinski definition) is 5. The Hall–Kier alpha value is -2.24. The molecule has 0 bridgehead atoms. The highest BCUT2D eigenvalue weighted by atomic mass is 16.5. The molecular formula is C12H13N3O3. The van der Waals surface area contributed by atoms with Crippen molar-refractivity contribution in [2.75, 3.05) is 0 Å². The smallest absolute Gasteiger partial charge is 0.303 e. The van der Waals surface area contributed by atoms with E-state index in [-0.39, 0.29) is 6.42 Å². The van der Waals surface area contributed by atoms with Crippen LogP contribution in [0.4, 0.5) is 0 Å². The molecule has 0 saturated carbocycles. The number of carboxylic acid groups (broad SMARTS) is 1. The number of carbonyl (C=O) groups is 1. The first-order valence-corrected chi connectivity index (χ1v) is 5.66. The Bertz CT molecular complexity index is 510. The SMILES string of the molecule is O=C(O)CCCc1nc(Cc2ccncc2)no1. The van der Waals surface area contributed by atoms with Crippen LogP contribution in [0, 0.1) is 0 Å². The summed E-state index contributed by atoms with van der Waals surface area (Å²) in [7, 11) is 0. The van der Waals surface area contributed by atoms with Gasteiger partial charge in [-0.05, 0) is 24.1 Å². The van der Waals surface area contributed by atoms with Crippen molar-refractivity contribution >= 4 is 5.97 Å². The van der Waals surface area contributed by atoms with Crippen molar-refractivity contribution < 1.29 is 14.4 Å². The zero-order valence-electron chi connectivity index (χ0n) is 9.74. The minimum atomic E-state index is -0.813. The molecule has 0 amide bonds. The quantitative estimate of drug-likeness (QED) is 0.831. The van der Waals surface area contributed by atoms with E-state index < -0.39 is 5.97 Å². The van der Waals surface area contributed by atoms with Gasteiger partial charge >= 0.3 is 5.97 Å². The zero-order chi connectivity index (χ0) is 12.8. The van der Waals surface area contributed by atoms with Crippen LogP contribution < -0.4 is 0 Å². The second-order valence-corrected chi connectivity index (χ2v) is 3.88. The molecule has 0 aromatic carbocycles. The average molecular weight is 247 g/mol. The van der Waals surface area contributed by atoms with Crippen LogP contribution in [0.15, 0.2) is 29.0 Å². The molecule has 6 heteroatoms. The summed E-state index contributed by atoms with van der Waals surface area (Å²) >= 11 is 0. The Morgan fingerprint density at radius 3 is 2.83 bits per heavy atom. The summed E-state index contributed by atoms with van der Waals surface area (Å²) in [5.41, 5.74) is 1.06. The van der Waals surface area contributed by atoms with Crippen LogP contribution in [-0.2, 0) is 17.6 Å². The van der Waals surface area contributed by atoms with Crippen molar-refractivity contribution in [2.45, 2.75) is 25.7 Å². The summed E-state index contributed by atoms with van der Waals surface area (Å²) in [5, 5.41) is 12.4. The van der Waals surface area contributed by atoms with Crippen LogP contribution in [0.2, 0.25) is 0 Å². The maximum Gasteiger partial charge on any atom is 0.303 e. The van der Waals surface area contributed by atoms with E-state index in [0.717, 1.165) is 5.56 Å². The lowest BCUT2D eigenvalue weighted by atomic mass is 10.2. The van der Waals surface area contributed by atoms with Gasteiger partial charge in [-0.3, -0.25) is 9.78 Å². The van der Waals surface area contributed by atoms with Gasteiger partial charge in [0.15, 0.2) is 5.82 Å². The van der Waals surface area contributed by atoms with Gasteiger partial charge in [-0.15, -0.1) is 0 Å². The highest BCUT2D eigenvalue weighted by Gasteiger charge is 2.07. The first-order valence-electron chi connectivity index (χ1n) is 5.66. The molecule has 0 fully saturated rings. The molecule has 0 saturated heterocycles. The number of carboxylic acids is 1. The predicted octanol–water partition coefficient (Wildman–Crippen LogP) is 1.46. The van der Waals surface area contributed by atoms with Gasteiger partial charge in [0.05, 0.1) is 0 Å². The van der Waals surface area contributed by atoms with E-state index in [4.69, 9.17) is 9.63 Å². The predicted molar refractivity (Wildman–Crippen MR) is 61.9 cm³/mol. The molecule has 2 aromatic heterocycles. The van der Waals surface area contributed by atoms with E-state index >= 15 is 0 Å². The molecule has 0 spiro atoms. The normalized spacial score (nSPS) is 10.4. The Morgan fingerprint density at radius 1 is 1.33 bits per heavy atom. The van der Waals surface area contributed by atoms with Crippen molar-refractivity contribution in [3.63, 3.8) is 0 Å². The lowest BCUT2D eigenvalue weighted by Gasteiger charge is -1.93. The Kier molecular flexibility index (Phi) is 4.01. The molecule has 0 aliphatic heterocycles. The second-order valence-electron chi connectivity index (χ2n) is 3.88. The topological polar surface area (TPSA) is 89.1 Å². The van der Waals surface area contributed by atoms with Crippen LogP contribution >= 0.6 is 0 Å². The van der Waals surface area contributed by atoms with Crippen LogP contribution in [0.1, 0.15) is 30.1 Å². The third-order valence-electron chi connectivity index (χ3n) is 2.40. The van der Waals surface area contributed by atoms with Gasteiger partial charge in [0.25, 0.3) is 0 Å². The minimum Gasteiger partial charge on any atom is -0.481 e. The molecule has 2 rings (SSSR count). The molecule has 2 aromatic rings. The maximum atomic E-state index is 10.4. The molecule has 0 aliphatic rings. The first-order chi connectivity index (χ1) is 8.74. The number of hydrogen-bond donors (Lipinski definition) is 1. The fraction of sp³-hybridized carbons (Fsp3) is 0.333. The average Bonchev–Trinajstić information content (AvgIpc) is 2.78. The molecule has 2 heterocycles. The van der Waals surface area contributed by atoms with E-state index in [9.17, 15) is 4.79 Å². The van der Waals surface area contributed by atoms with E-state index in [2.05, 4.69) is 15.1 Å². The minimum absolute atomic E-state index is 0.113. The largest absolute Gasteiger partial charge is 0.481 e. The number of pyridine rings is 1. The van der Waals surface area contributed by atoms with Gasteiger partial charge in [-0.2, -0.15) is 4.98 Å². The number of aryl methyl sites for hydroxylation is 1. The molecule has 6 nitrogen and oxygen atoms in total. The summed E-state index contributed by atoms with van der Waals surface area (Å²) in [6.45, 7) is 0. The summed E-state index contributed by atoms with van der Waals surface area (Å²) in [5.74, 6) is 0.276. The highest BCUT2D eigenvalue weighted by Crippen LogP contribution is 2.07. The fourth-order valence-corrected chi connectivity index (χ4v) is 1.54. The highest BCUT2D eigenvalue weighted by molar-refractivity contribution is 5.66. The monoisotopic (exact) mass is 247 g/mol. The molecule has 0 atom stereocenters. The number of nitrogens with zero attached hydrogens (tertiary/aromatic N) is 3. The zero-order valence-corrected chi connectivity index (χ0v) is 9.74. The Balaban J connectivity index is 1.88. The summed E-state index contributed by atoms with van der Waals surface area (Å²) in [6.07, 6.45) is 5.13. The maximum absolute atomic E-state index is 10.4. The Morgan fingerprint density at radius 2 is 2.11 bits per heavy atom. The first kappa shape index (κ1) is 12.2. The molecule has 0 radical (unpaired) electrons. The number of aromatic nitrogens is 3. The molecule has 94 valence electrons. The number of rotatable bonds is 6. The molecule has 18 heavy (non-hydrogen) atoms. The summed E-state index contributed by atoms with van der Waals surface area (Å²) in [4.78, 5) is 18.5. The van der Waals surface area contributed by atoms with Crippen molar-refractivity contribution in [1.29, 1.82) is 0 Å². The van der Waals surface area contributed by atoms with Gasteiger partial charge in [0, 0.05) is 31.7 Å². The van der Waals surface area contributed by atoms with Crippen LogP contribution in [0.25, 0.3) is 0 Å². The molecular weight excluding hydrogens is 234 g/mol. The van der Waals surface area contributed by atoms with Gasteiger partial charge in [0.1, 0.15) is 0 Å². The van der Waals surface area contributed by atoms with Crippen molar-refractivity contribution in [3.8, 4) is 0 Å². The second kappa shape index (κ2) is 5.90. The van der Waals surface area contributed by atoms with E-state index in [1.165, 1.54) is 0 Å². The molecule has 0 unspecified atom stereocenters. The lowest BCUT2D eigenvalue weighted by Crippen LogP contribution is -1.96. The Labute approximate surface area is 104 Å². The third kappa shape index (κ3) is 3.65. The number of aliphatic carboxylic acids is 1. The summed E-state index contributed by atoms with van der Waals surface area (Å²) < 4.78 is 5.05. The van der Waals surface area contributed by atoms with Crippen LogP contribution in [0.3, 0.4) is 0 Å².